The molecule has 5 rings (SSSR count). The summed E-state index contributed by atoms with van der Waals surface area (Å²) in [6.45, 7) is 13.4. The number of methoxy groups -OCH3 is 1. The highest BCUT2D eigenvalue weighted by molar-refractivity contribution is 5.96. The van der Waals surface area contributed by atoms with E-state index in [1.807, 2.05) is 0 Å². The van der Waals surface area contributed by atoms with Gasteiger partial charge in [-0.2, -0.15) is 0 Å². The van der Waals surface area contributed by atoms with E-state index in [0.29, 0.717) is 5.57 Å². The van der Waals surface area contributed by atoms with Crippen LogP contribution in [-0.2, 0) is 57.1 Å². The molecule has 5 heterocycles. The Labute approximate surface area is 328 Å². The van der Waals surface area contributed by atoms with Crippen LogP contribution in [0.3, 0.4) is 0 Å². The molecular formula is C41H60O15. The zero-order valence-corrected chi connectivity index (χ0v) is 34.0. The summed E-state index contributed by atoms with van der Waals surface area (Å²) >= 11 is 0. The zero-order valence-electron chi connectivity index (χ0n) is 34.0. The van der Waals surface area contributed by atoms with Gasteiger partial charge in [0.25, 0.3) is 5.79 Å². The molecule has 15 heteroatoms. The molecule has 0 aliphatic carbocycles. The number of Topliss-reactive ketones (excluding diaryl/α,β-unsaturated/α-hetero) is 1. The SMILES string of the molecule is COC(=O)/C=C1/C[C@H]2C[C@]3(O)O[C@H](C[C@@H](O)CC(=O)O[C@H](C)[C@H](O)C[C@@H]4C[C@H]5CC(=O)O[C@]5(O4)C(=O)C(C)(C)/C=C/[C@@H](C1)O2)C[C@H](OC(=O)C(C)(C)C)C3(C)C. The summed E-state index contributed by atoms with van der Waals surface area (Å²) in [4.78, 5) is 65.6. The van der Waals surface area contributed by atoms with E-state index in [1.165, 1.54) is 20.1 Å². The van der Waals surface area contributed by atoms with Crippen LogP contribution in [0.5, 0.6) is 0 Å². The Morgan fingerprint density at radius 1 is 0.893 bits per heavy atom. The number of esters is 4. The molecule has 0 radical (unpaired) electrons. The molecule has 0 unspecified atom stereocenters. The summed E-state index contributed by atoms with van der Waals surface area (Å²) < 4.78 is 41.2. The van der Waals surface area contributed by atoms with Crippen molar-refractivity contribution in [3.63, 3.8) is 0 Å². The fourth-order valence-corrected chi connectivity index (χ4v) is 8.36. The Balaban J connectivity index is 1.53. The lowest BCUT2D eigenvalue weighted by atomic mass is 9.70. The smallest absolute Gasteiger partial charge is 0.330 e. The van der Waals surface area contributed by atoms with Gasteiger partial charge in [0.1, 0.15) is 12.2 Å². The maximum Gasteiger partial charge on any atom is 0.330 e. The molecule has 15 nitrogen and oxygen atoms in total. The normalized spacial score (nSPS) is 40.6. The van der Waals surface area contributed by atoms with Gasteiger partial charge in [-0.1, -0.05) is 31.6 Å². The molecule has 6 bridgehead atoms. The molecule has 0 aromatic rings. The number of ether oxygens (including phenoxy) is 7. The van der Waals surface area contributed by atoms with E-state index in [4.69, 9.17) is 33.2 Å². The largest absolute Gasteiger partial charge is 0.466 e. The van der Waals surface area contributed by atoms with Gasteiger partial charge in [0.15, 0.2) is 5.79 Å². The number of carbonyl (C=O) groups excluding carboxylic acids is 5. The van der Waals surface area contributed by atoms with Crippen LogP contribution >= 0.6 is 0 Å². The number of aliphatic hydroxyl groups is 3. The number of allylic oxidation sites excluding steroid dienone is 1. The van der Waals surface area contributed by atoms with Crippen molar-refractivity contribution < 1.29 is 72.5 Å². The summed E-state index contributed by atoms with van der Waals surface area (Å²) in [6, 6.07) is 0. The lowest BCUT2D eigenvalue weighted by Gasteiger charge is -2.54. The molecule has 1 spiro atoms. The Morgan fingerprint density at radius 2 is 1.57 bits per heavy atom. The van der Waals surface area contributed by atoms with Crippen molar-refractivity contribution in [1.29, 1.82) is 0 Å². The molecule has 5 aliphatic heterocycles. The summed E-state index contributed by atoms with van der Waals surface area (Å²) in [5, 5.41) is 34.7. The fraction of sp³-hybridized carbons (Fsp3) is 0.780. The molecule has 4 fully saturated rings. The summed E-state index contributed by atoms with van der Waals surface area (Å²) in [5.74, 6) is -7.48. The summed E-state index contributed by atoms with van der Waals surface area (Å²) in [6.07, 6.45) is -2.77. The number of rotatable bonds is 2. The van der Waals surface area contributed by atoms with Gasteiger partial charge in [0.05, 0.1) is 67.4 Å². The van der Waals surface area contributed by atoms with E-state index in [1.54, 1.807) is 60.6 Å². The first-order valence-electron chi connectivity index (χ1n) is 19.6. The van der Waals surface area contributed by atoms with E-state index in [0.717, 1.165) is 0 Å². The van der Waals surface area contributed by atoms with Crippen LogP contribution in [-0.4, -0.2) is 112 Å². The van der Waals surface area contributed by atoms with Gasteiger partial charge >= 0.3 is 23.9 Å². The van der Waals surface area contributed by atoms with Gasteiger partial charge in [-0.05, 0) is 60.8 Å². The minimum atomic E-state index is -2.02. The summed E-state index contributed by atoms with van der Waals surface area (Å²) in [7, 11) is 1.26. The Kier molecular flexibility index (Phi) is 12.7. The number of ketones is 1. The Hall–Kier alpha value is -3.21. The number of hydrogen-bond donors (Lipinski definition) is 3. The molecule has 5 aliphatic rings. The van der Waals surface area contributed by atoms with Crippen LogP contribution < -0.4 is 0 Å². The first-order valence-corrected chi connectivity index (χ1v) is 19.6. The quantitative estimate of drug-likeness (QED) is 0.158. The second-order valence-electron chi connectivity index (χ2n) is 18.4. The van der Waals surface area contributed by atoms with Crippen LogP contribution in [0.2, 0.25) is 0 Å². The highest BCUT2D eigenvalue weighted by Crippen LogP contribution is 2.51. The fourth-order valence-electron chi connectivity index (χ4n) is 8.36. The molecule has 3 N–H and O–H groups in total. The maximum atomic E-state index is 14.4. The highest BCUT2D eigenvalue weighted by atomic mass is 16.7. The van der Waals surface area contributed by atoms with Gasteiger partial charge in [0.2, 0.25) is 5.78 Å². The van der Waals surface area contributed by atoms with Crippen molar-refractivity contribution in [3.05, 3.63) is 23.8 Å². The summed E-state index contributed by atoms with van der Waals surface area (Å²) in [5.41, 5.74) is -2.71. The van der Waals surface area contributed by atoms with Crippen LogP contribution in [0.1, 0.15) is 113 Å². The number of fused-ring (bicyclic) bond motifs is 5. The van der Waals surface area contributed by atoms with Crippen molar-refractivity contribution in [1.82, 2.24) is 0 Å². The molecule has 56 heavy (non-hydrogen) atoms. The third-order valence-electron chi connectivity index (χ3n) is 11.9. The van der Waals surface area contributed by atoms with Crippen LogP contribution in [0.15, 0.2) is 23.8 Å². The van der Waals surface area contributed by atoms with Crippen LogP contribution in [0, 0.1) is 22.2 Å². The third-order valence-corrected chi connectivity index (χ3v) is 11.9. The predicted molar refractivity (Wildman–Crippen MR) is 196 cm³/mol. The monoisotopic (exact) mass is 792 g/mol. The minimum absolute atomic E-state index is 0.0259. The lowest BCUT2D eigenvalue weighted by Crippen LogP contribution is -2.62. The van der Waals surface area contributed by atoms with Crippen molar-refractivity contribution >= 4 is 29.7 Å². The van der Waals surface area contributed by atoms with E-state index >= 15 is 0 Å². The van der Waals surface area contributed by atoms with Crippen molar-refractivity contribution in [2.24, 2.45) is 22.2 Å². The average molecular weight is 793 g/mol. The number of aliphatic hydroxyl groups excluding tert-OH is 2. The molecule has 0 amide bonds. The third kappa shape index (κ3) is 9.39. The van der Waals surface area contributed by atoms with Crippen molar-refractivity contribution in [3.8, 4) is 0 Å². The van der Waals surface area contributed by atoms with Crippen LogP contribution in [0.4, 0.5) is 0 Å². The number of hydrogen-bond acceptors (Lipinski definition) is 15. The van der Waals surface area contributed by atoms with Gasteiger partial charge in [-0.25, -0.2) is 4.79 Å². The first kappa shape index (κ1) is 43.9. The van der Waals surface area contributed by atoms with Gasteiger partial charge < -0.3 is 48.5 Å². The zero-order chi connectivity index (χ0) is 41.6. The Bertz CT molecular complexity index is 1590. The van der Waals surface area contributed by atoms with Crippen LogP contribution in [0.25, 0.3) is 0 Å². The molecule has 11 atom stereocenters. The standard InChI is InChI=1S/C41H60O15/c1-22-30(43)19-27-15-24-16-34(46)56-41(24,55-27)35(47)38(5,6)11-10-26-12-23(14-32(44)50-9)13-29(52-26)21-40(49)39(7,8)31(53-36(48)37(2,3)4)20-28(54-40)17-25(42)18-33(45)51-22/h10-11,14,22,24-31,42-43,49H,12-13,15-21H2,1-9H3/b11-10+,23-14+/t22-,24+,25-,26+,27+,28-,29+,30-,31+,40+,41+/m1/s1. The topological polar surface area (TPSA) is 211 Å². The van der Waals surface area contributed by atoms with E-state index < -0.39 is 119 Å². The second kappa shape index (κ2) is 16.2. The van der Waals surface area contributed by atoms with Gasteiger partial charge in [-0.15, -0.1) is 0 Å². The van der Waals surface area contributed by atoms with Gasteiger partial charge in [0, 0.05) is 43.1 Å². The highest BCUT2D eigenvalue weighted by Gasteiger charge is 2.64. The average Bonchev–Trinajstić information content (AvgIpc) is 3.56. The first-order chi connectivity index (χ1) is 25.9. The molecule has 0 saturated carbocycles. The number of cyclic esters (lactones) is 1. The van der Waals surface area contributed by atoms with Crippen molar-refractivity contribution in [2.45, 2.75) is 174 Å². The maximum absolute atomic E-state index is 14.4. The van der Waals surface area contributed by atoms with E-state index in [9.17, 15) is 39.3 Å². The molecular weight excluding hydrogens is 732 g/mol. The molecule has 4 saturated heterocycles. The van der Waals surface area contributed by atoms with E-state index in [-0.39, 0.29) is 51.4 Å². The molecule has 0 aromatic carbocycles. The Morgan fingerprint density at radius 3 is 2.23 bits per heavy atom. The number of carbonyl (C=O) groups is 5. The van der Waals surface area contributed by atoms with Gasteiger partial charge in [-0.3, -0.25) is 19.2 Å². The lowest BCUT2D eigenvalue weighted by molar-refractivity contribution is -0.349. The molecule has 314 valence electrons. The van der Waals surface area contributed by atoms with E-state index in [2.05, 4.69) is 0 Å². The van der Waals surface area contributed by atoms with Crippen molar-refractivity contribution in [2.75, 3.05) is 7.11 Å². The minimum Gasteiger partial charge on any atom is -0.466 e. The molecule has 0 aromatic heterocycles. The predicted octanol–water partition coefficient (Wildman–Crippen LogP) is 3.52. The second-order valence-corrected chi connectivity index (χ2v) is 18.4.